The number of ether oxygens (including phenoxy) is 1. The average molecular weight is 389 g/mol. The van der Waals surface area contributed by atoms with E-state index in [-0.39, 0.29) is 5.91 Å². The molecule has 0 saturated carbocycles. The molecule has 0 spiro atoms. The van der Waals surface area contributed by atoms with Crippen LogP contribution in [0.2, 0.25) is 0 Å². The first kappa shape index (κ1) is 20.4. The molecule has 1 aromatic heterocycles. The molecule has 0 bridgehead atoms. The Hall–Kier alpha value is -3.34. The number of benzene rings is 2. The number of anilines is 1. The quantitative estimate of drug-likeness (QED) is 0.589. The summed E-state index contributed by atoms with van der Waals surface area (Å²) in [6.45, 7) is 3.93. The standard InChI is InChI=1S/C24H27N3O2/c1-3-27(18-19-9-5-4-6-10-19)24(28)21-14-16-26-23(17-21)25-15-13-20-11-7-8-12-22(20)29-2/h4-12,14,16-17H,3,13,15,18H2,1-2H3,(H,25,26). The van der Waals surface area contributed by atoms with E-state index in [9.17, 15) is 4.79 Å². The highest BCUT2D eigenvalue weighted by Crippen LogP contribution is 2.18. The van der Waals surface area contributed by atoms with E-state index in [2.05, 4.69) is 16.4 Å². The molecule has 5 nitrogen and oxygen atoms in total. The molecule has 0 radical (unpaired) electrons. The van der Waals surface area contributed by atoms with Crippen molar-refractivity contribution in [3.63, 3.8) is 0 Å². The van der Waals surface area contributed by atoms with E-state index in [1.54, 1.807) is 19.4 Å². The zero-order chi connectivity index (χ0) is 20.5. The van der Waals surface area contributed by atoms with E-state index < -0.39 is 0 Å². The van der Waals surface area contributed by atoms with E-state index in [1.807, 2.05) is 66.4 Å². The van der Waals surface area contributed by atoms with Crippen LogP contribution in [0, 0.1) is 0 Å². The lowest BCUT2D eigenvalue weighted by molar-refractivity contribution is 0.0752. The van der Waals surface area contributed by atoms with Crippen molar-refractivity contribution in [2.75, 3.05) is 25.5 Å². The molecule has 0 aliphatic heterocycles. The molecule has 5 heteroatoms. The van der Waals surface area contributed by atoms with Crippen LogP contribution < -0.4 is 10.1 Å². The van der Waals surface area contributed by atoms with E-state index in [0.29, 0.717) is 31.0 Å². The summed E-state index contributed by atoms with van der Waals surface area (Å²) in [4.78, 5) is 19.2. The smallest absolute Gasteiger partial charge is 0.254 e. The highest BCUT2D eigenvalue weighted by molar-refractivity contribution is 5.94. The lowest BCUT2D eigenvalue weighted by Crippen LogP contribution is -2.30. The molecule has 1 heterocycles. The summed E-state index contributed by atoms with van der Waals surface area (Å²) in [5.41, 5.74) is 2.89. The fourth-order valence-electron chi connectivity index (χ4n) is 3.21. The van der Waals surface area contributed by atoms with Crippen molar-refractivity contribution in [1.82, 2.24) is 9.88 Å². The minimum atomic E-state index is 0.00605. The molecular weight excluding hydrogens is 362 g/mol. The van der Waals surface area contributed by atoms with Gasteiger partial charge in [-0.2, -0.15) is 0 Å². The molecule has 3 rings (SSSR count). The van der Waals surface area contributed by atoms with Gasteiger partial charge in [-0.15, -0.1) is 0 Å². The summed E-state index contributed by atoms with van der Waals surface area (Å²) in [7, 11) is 1.68. The minimum Gasteiger partial charge on any atom is -0.496 e. The first-order valence-corrected chi connectivity index (χ1v) is 9.86. The highest BCUT2D eigenvalue weighted by Gasteiger charge is 2.15. The Kier molecular flexibility index (Phi) is 7.22. The van der Waals surface area contributed by atoms with Gasteiger partial charge in [0.05, 0.1) is 7.11 Å². The second kappa shape index (κ2) is 10.3. The number of methoxy groups -OCH3 is 1. The van der Waals surface area contributed by atoms with Gasteiger partial charge in [-0.3, -0.25) is 4.79 Å². The molecular formula is C24H27N3O2. The van der Waals surface area contributed by atoms with Gasteiger partial charge in [0, 0.05) is 31.4 Å². The van der Waals surface area contributed by atoms with E-state index in [0.717, 1.165) is 23.3 Å². The Morgan fingerprint density at radius 1 is 1.07 bits per heavy atom. The summed E-state index contributed by atoms with van der Waals surface area (Å²) < 4.78 is 5.39. The summed E-state index contributed by atoms with van der Waals surface area (Å²) in [6, 6.07) is 21.6. The number of amides is 1. The Balaban J connectivity index is 1.62. The van der Waals surface area contributed by atoms with Gasteiger partial charge in [0.1, 0.15) is 11.6 Å². The summed E-state index contributed by atoms with van der Waals surface area (Å²) in [5, 5.41) is 3.31. The van der Waals surface area contributed by atoms with Gasteiger partial charge < -0.3 is 15.0 Å². The molecule has 0 fully saturated rings. The predicted molar refractivity (Wildman–Crippen MR) is 116 cm³/mol. The zero-order valence-corrected chi connectivity index (χ0v) is 17.0. The van der Waals surface area contributed by atoms with Crippen molar-refractivity contribution < 1.29 is 9.53 Å². The van der Waals surface area contributed by atoms with E-state index in [1.165, 1.54) is 0 Å². The molecule has 150 valence electrons. The molecule has 1 amide bonds. The Morgan fingerprint density at radius 3 is 2.59 bits per heavy atom. The predicted octanol–water partition coefficient (Wildman–Crippen LogP) is 4.41. The van der Waals surface area contributed by atoms with Gasteiger partial charge >= 0.3 is 0 Å². The van der Waals surface area contributed by atoms with Crippen LogP contribution >= 0.6 is 0 Å². The van der Waals surface area contributed by atoms with Gasteiger partial charge in [-0.1, -0.05) is 48.5 Å². The maximum atomic E-state index is 13.0. The normalized spacial score (nSPS) is 10.4. The summed E-state index contributed by atoms with van der Waals surface area (Å²) in [6.07, 6.45) is 2.48. The summed E-state index contributed by atoms with van der Waals surface area (Å²) >= 11 is 0. The summed E-state index contributed by atoms with van der Waals surface area (Å²) in [5.74, 6) is 1.58. The fourth-order valence-corrected chi connectivity index (χ4v) is 3.21. The number of pyridine rings is 1. The lowest BCUT2D eigenvalue weighted by atomic mass is 10.1. The Morgan fingerprint density at radius 2 is 1.83 bits per heavy atom. The van der Waals surface area contributed by atoms with Crippen LogP contribution in [0.4, 0.5) is 5.82 Å². The van der Waals surface area contributed by atoms with Crippen molar-refractivity contribution >= 4 is 11.7 Å². The zero-order valence-electron chi connectivity index (χ0n) is 17.0. The van der Waals surface area contributed by atoms with Crippen molar-refractivity contribution in [3.05, 3.63) is 89.6 Å². The second-order valence-corrected chi connectivity index (χ2v) is 6.72. The first-order chi connectivity index (χ1) is 14.2. The molecule has 3 aromatic rings. The van der Waals surface area contributed by atoms with Gasteiger partial charge in [0.15, 0.2) is 0 Å². The molecule has 1 N–H and O–H groups in total. The number of para-hydroxylation sites is 1. The van der Waals surface area contributed by atoms with Crippen molar-refractivity contribution in [1.29, 1.82) is 0 Å². The number of carbonyl (C=O) groups excluding carboxylic acids is 1. The van der Waals surface area contributed by atoms with Crippen LogP contribution in [0.5, 0.6) is 5.75 Å². The number of rotatable bonds is 9. The number of nitrogens with zero attached hydrogens (tertiary/aromatic N) is 2. The fraction of sp³-hybridized carbons (Fsp3) is 0.250. The topological polar surface area (TPSA) is 54.5 Å². The molecule has 0 aliphatic rings. The molecule has 0 unspecified atom stereocenters. The largest absolute Gasteiger partial charge is 0.496 e. The van der Waals surface area contributed by atoms with Crippen molar-refractivity contribution in [2.24, 2.45) is 0 Å². The van der Waals surface area contributed by atoms with E-state index >= 15 is 0 Å². The van der Waals surface area contributed by atoms with Crippen molar-refractivity contribution in [2.45, 2.75) is 19.9 Å². The van der Waals surface area contributed by atoms with Crippen LogP contribution in [0.25, 0.3) is 0 Å². The Labute approximate surface area is 172 Å². The SMILES string of the molecule is CCN(Cc1ccccc1)C(=O)c1ccnc(NCCc2ccccc2OC)c1. The highest BCUT2D eigenvalue weighted by atomic mass is 16.5. The van der Waals surface area contributed by atoms with Crippen LogP contribution in [-0.4, -0.2) is 36.0 Å². The van der Waals surface area contributed by atoms with Crippen molar-refractivity contribution in [3.8, 4) is 5.75 Å². The second-order valence-electron chi connectivity index (χ2n) is 6.72. The van der Waals surface area contributed by atoms with Crippen LogP contribution in [0.3, 0.4) is 0 Å². The van der Waals surface area contributed by atoms with Gasteiger partial charge in [0.25, 0.3) is 5.91 Å². The number of hydrogen-bond donors (Lipinski definition) is 1. The minimum absolute atomic E-state index is 0.00605. The van der Waals surface area contributed by atoms with Gasteiger partial charge in [0.2, 0.25) is 0 Å². The number of nitrogens with one attached hydrogen (secondary N) is 1. The number of aromatic nitrogens is 1. The Bertz CT molecular complexity index is 928. The van der Waals surface area contributed by atoms with Crippen LogP contribution in [0.15, 0.2) is 72.9 Å². The van der Waals surface area contributed by atoms with Gasteiger partial charge in [-0.05, 0) is 42.7 Å². The molecule has 2 aromatic carbocycles. The lowest BCUT2D eigenvalue weighted by Gasteiger charge is -2.21. The van der Waals surface area contributed by atoms with Gasteiger partial charge in [-0.25, -0.2) is 4.98 Å². The molecule has 0 saturated heterocycles. The maximum Gasteiger partial charge on any atom is 0.254 e. The first-order valence-electron chi connectivity index (χ1n) is 9.86. The molecule has 0 aliphatic carbocycles. The average Bonchev–Trinajstić information content (AvgIpc) is 2.78. The number of carbonyl (C=O) groups is 1. The van der Waals surface area contributed by atoms with Crippen LogP contribution in [-0.2, 0) is 13.0 Å². The molecule has 0 atom stereocenters. The third-order valence-corrected chi connectivity index (χ3v) is 4.79. The van der Waals surface area contributed by atoms with E-state index in [4.69, 9.17) is 4.74 Å². The third-order valence-electron chi connectivity index (χ3n) is 4.79. The third kappa shape index (κ3) is 5.57. The maximum absolute atomic E-state index is 13.0. The monoisotopic (exact) mass is 389 g/mol. The number of hydrogen-bond acceptors (Lipinski definition) is 4. The van der Waals surface area contributed by atoms with Crippen LogP contribution in [0.1, 0.15) is 28.4 Å². The molecule has 29 heavy (non-hydrogen) atoms.